The van der Waals surface area contributed by atoms with Crippen LogP contribution in [0.2, 0.25) is 0 Å². The van der Waals surface area contributed by atoms with Gasteiger partial charge in [-0.1, -0.05) is 19.1 Å². The summed E-state index contributed by atoms with van der Waals surface area (Å²) in [6, 6.07) is 7.49. The van der Waals surface area contributed by atoms with Gasteiger partial charge in [0.15, 0.2) is 0 Å². The van der Waals surface area contributed by atoms with E-state index in [0.717, 1.165) is 31.6 Å². The second kappa shape index (κ2) is 6.92. The highest BCUT2D eigenvalue weighted by Crippen LogP contribution is 2.22. The number of methoxy groups -OCH3 is 1. The molecule has 1 aliphatic carbocycles. The number of nitrogens with two attached hydrogens (primary N) is 1. The van der Waals surface area contributed by atoms with E-state index in [0.29, 0.717) is 12.1 Å². The summed E-state index contributed by atoms with van der Waals surface area (Å²) in [4.78, 5) is 0. The maximum absolute atomic E-state index is 5.94. The van der Waals surface area contributed by atoms with E-state index in [1.54, 1.807) is 7.11 Å². The van der Waals surface area contributed by atoms with Gasteiger partial charge in [-0.3, -0.25) is 0 Å². The fourth-order valence-corrected chi connectivity index (χ4v) is 2.77. The van der Waals surface area contributed by atoms with E-state index < -0.39 is 0 Å². The lowest BCUT2D eigenvalue weighted by Crippen LogP contribution is -2.37. The van der Waals surface area contributed by atoms with Crippen molar-refractivity contribution in [2.75, 3.05) is 7.11 Å². The molecule has 3 heteroatoms. The Kier molecular flexibility index (Phi) is 5.23. The maximum atomic E-state index is 5.94. The van der Waals surface area contributed by atoms with Crippen molar-refractivity contribution in [1.29, 1.82) is 0 Å². The Labute approximate surface area is 116 Å². The lowest BCUT2D eigenvalue weighted by atomic mass is 9.91. The Morgan fingerprint density at radius 3 is 2.63 bits per heavy atom. The molecule has 1 aromatic rings. The highest BCUT2D eigenvalue weighted by atomic mass is 16.5. The van der Waals surface area contributed by atoms with Crippen LogP contribution in [-0.4, -0.2) is 19.2 Å². The molecule has 0 unspecified atom stereocenters. The summed E-state index contributed by atoms with van der Waals surface area (Å²) in [5.41, 5.74) is 8.56. The number of hydrogen-bond acceptors (Lipinski definition) is 3. The van der Waals surface area contributed by atoms with E-state index >= 15 is 0 Å². The summed E-state index contributed by atoms with van der Waals surface area (Å²) in [5.74, 6) is 0.984. The van der Waals surface area contributed by atoms with Crippen LogP contribution in [0.1, 0.15) is 43.7 Å². The zero-order chi connectivity index (χ0) is 13.7. The van der Waals surface area contributed by atoms with E-state index in [-0.39, 0.29) is 0 Å². The van der Waals surface area contributed by atoms with Crippen molar-refractivity contribution >= 4 is 0 Å². The van der Waals surface area contributed by atoms with Gasteiger partial charge in [0.2, 0.25) is 0 Å². The third-order valence-corrected chi connectivity index (χ3v) is 4.11. The molecule has 0 heterocycles. The van der Waals surface area contributed by atoms with Crippen molar-refractivity contribution in [1.82, 2.24) is 5.32 Å². The first-order chi connectivity index (χ1) is 9.22. The van der Waals surface area contributed by atoms with Gasteiger partial charge in [-0.2, -0.15) is 0 Å². The topological polar surface area (TPSA) is 47.3 Å². The number of aryl methyl sites for hydroxylation is 1. The predicted octanol–water partition coefficient (Wildman–Crippen LogP) is 2.62. The molecule has 0 saturated heterocycles. The third kappa shape index (κ3) is 3.95. The van der Waals surface area contributed by atoms with Crippen LogP contribution >= 0.6 is 0 Å². The largest absolute Gasteiger partial charge is 0.496 e. The maximum Gasteiger partial charge on any atom is 0.123 e. The average Bonchev–Trinajstić information content (AvgIpc) is 2.46. The standard InChI is InChI=1S/C16H26N2O/c1-3-12-4-9-16(19-2)13(10-12)11-18-15-7-5-14(17)6-8-15/h4,9-10,14-15,18H,3,5-8,11,17H2,1-2H3. The minimum absolute atomic E-state index is 0.413. The van der Waals surface area contributed by atoms with Crippen LogP contribution in [0.4, 0.5) is 0 Å². The van der Waals surface area contributed by atoms with E-state index in [2.05, 4.69) is 30.4 Å². The first-order valence-electron chi connectivity index (χ1n) is 7.37. The zero-order valence-electron chi connectivity index (χ0n) is 12.1. The fraction of sp³-hybridized carbons (Fsp3) is 0.625. The highest BCUT2D eigenvalue weighted by Gasteiger charge is 2.18. The molecule has 2 rings (SSSR count). The number of nitrogens with one attached hydrogen (secondary N) is 1. The molecule has 3 nitrogen and oxygen atoms in total. The van der Waals surface area contributed by atoms with Crippen molar-refractivity contribution in [3.05, 3.63) is 29.3 Å². The van der Waals surface area contributed by atoms with Gasteiger partial charge >= 0.3 is 0 Å². The van der Waals surface area contributed by atoms with Crippen LogP contribution in [0, 0.1) is 0 Å². The smallest absolute Gasteiger partial charge is 0.123 e. The van der Waals surface area contributed by atoms with Gasteiger partial charge in [0.25, 0.3) is 0 Å². The van der Waals surface area contributed by atoms with Crippen LogP contribution < -0.4 is 15.8 Å². The van der Waals surface area contributed by atoms with Crippen LogP contribution in [0.5, 0.6) is 5.75 Å². The monoisotopic (exact) mass is 262 g/mol. The summed E-state index contributed by atoms with van der Waals surface area (Å²) >= 11 is 0. The molecule has 19 heavy (non-hydrogen) atoms. The molecule has 106 valence electrons. The molecular formula is C16H26N2O. The summed E-state index contributed by atoms with van der Waals surface area (Å²) < 4.78 is 5.44. The molecule has 1 saturated carbocycles. The molecule has 0 aliphatic heterocycles. The fourth-order valence-electron chi connectivity index (χ4n) is 2.77. The Morgan fingerprint density at radius 2 is 2.00 bits per heavy atom. The average molecular weight is 262 g/mol. The summed E-state index contributed by atoms with van der Waals surface area (Å²) in [7, 11) is 1.74. The van der Waals surface area contributed by atoms with Crippen molar-refractivity contribution in [2.45, 2.75) is 57.7 Å². The van der Waals surface area contributed by atoms with Gasteiger partial charge < -0.3 is 15.8 Å². The number of benzene rings is 1. The van der Waals surface area contributed by atoms with Gasteiger partial charge in [-0.25, -0.2) is 0 Å². The number of ether oxygens (including phenoxy) is 1. The molecule has 1 fully saturated rings. The lowest BCUT2D eigenvalue weighted by Gasteiger charge is -2.27. The molecule has 0 spiro atoms. The Hall–Kier alpha value is -1.06. The first kappa shape index (κ1) is 14.4. The summed E-state index contributed by atoms with van der Waals surface area (Å²) in [6.07, 6.45) is 5.73. The van der Waals surface area contributed by atoms with E-state index in [1.165, 1.54) is 24.0 Å². The zero-order valence-corrected chi connectivity index (χ0v) is 12.1. The SMILES string of the molecule is CCc1ccc(OC)c(CNC2CCC(N)CC2)c1. The van der Waals surface area contributed by atoms with Crippen molar-refractivity contribution in [3.8, 4) is 5.75 Å². The number of hydrogen-bond donors (Lipinski definition) is 2. The van der Waals surface area contributed by atoms with E-state index in [4.69, 9.17) is 10.5 Å². The lowest BCUT2D eigenvalue weighted by molar-refractivity contribution is 0.338. The molecule has 0 radical (unpaired) electrons. The normalized spacial score (nSPS) is 23.3. The molecule has 1 aromatic carbocycles. The number of rotatable bonds is 5. The molecular weight excluding hydrogens is 236 g/mol. The quantitative estimate of drug-likeness (QED) is 0.857. The van der Waals surface area contributed by atoms with Crippen LogP contribution in [0.25, 0.3) is 0 Å². The van der Waals surface area contributed by atoms with Crippen molar-refractivity contribution in [3.63, 3.8) is 0 Å². The molecule has 0 amide bonds. The first-order valence-corrected chi connectivity index (χ1v) is 7.37. The van der Waals surface area contributed by atoms with Gasteiger partial charge in [0.1, 0.15) is 5.75 Å². The Balaban J connectivity index is 1.94. The van der Waals surface area contributed by atoms with Crippen LogP contribution in [0.3, 0.4) is 0 Å². The van der Waals surface area contributed by atoms with Crippen LogP contribution in [-0.2, 0) is 13.0 Å². The van der Waals surface area contributed by atoms with Crippen molar-refractivity contribution in [2.24, 2.45) is 5.73 Å². The molecule has 0 aromatic heterocycles. The minimum Gasteiger partial charge on any atom is -0.496 e. The highest BCUT2D eigenvalue weighted by molar-refractivity contribution is 5.37. The second-order valence-corrected chi connectivity index (χ2v) is 5.49. The van der Waals surface area contributed by atoms with Crippen molar-refractivity contribution < 1.29 is 4.74 Å². The van der Waals surface area contributed by atoms with E-state index in [1.807, 2.05) is 0 Å². The summed E-state index contributed by atoms with van der Waals surface area (Å²) in [6.45, 7) is 3.07. The summed E-state index contributed by atoms with van der Waals surface area (Å²) in [5, 5.41) is 3.65. The van der Waals surface area contributed by atoms with E-state index in [9.17, 15) is 0 Å². The molecule has 0 bridgehead atoms. The Morgan fingerprint density at radius 1 is 1.26 bits per heavy atom. The van der Waals surface area contributed by atoms with Gasteiger partial charge in [0, 0.05) is 24.2 Å². The molecule has 0 atom stereocenters. The minimum atomic E-state index is 0.413. The third-order valence-electron chi connectivity index (χ3n) is 4.11. The van der Waals surface area contributed by atoms with Gasteiger partial charge in [0.05, 0.1) is 7.11 Å². The van der Waals surface area contributed by atoms with Gasteiger partial charge in [-0.05, 0) is 43.7 Å². The van der Waals surface area contributed by atoms with Gasteiger partial charge in [-0.15, -0.1) is 0 Å². The Bertz CT molecular complexity index is 398. The molecule has 1 aliphatic rings. The second-order valence-electron chi connectivity index (χ2n) is 5.49. The predicted molar refractivity (Wildman–Crippen MR) is 79.4 cm³/mol. The molecule has 3 N–H and O–H groups in total. The van der Waals surface area contributed by atoms with Crippen LogP contribution in [0.15, 0.2) is 18.2 Å².